The lowest BCUT2D eigenvalue weighted by atomic mass is 10.1. The maximum absolute atomic E-state index is 9.99. The Morgan fingerprint density at radius 1 is 1.15 bits per heavy atom. The zero-order valence-electron chi connectivity index (χ0n) is 11.0. The topological polar surface area (TPSA) is 44.3 Å². The number of fused-ring (bicyclic) bond motifs is 4. The van der Waals surface area contributed by atoms with Gasteiger partial charge < -0.3 is 15.7 Å². The summed E-state index contributed by atoms with van der Waals surface area (Å²) in [4.78, 5) is 0. The summed E-state index contributed by atoms with van der Waals surface area (Å²) in [7, 11) is 0. The summed E-state index contributed by atoms with van der Waals surface area (Å²) in [5.41, 5.74) is 4.65. The van der Waals surface area contributed by atoms with Crippen molar-refractivity contribution in [3.63, 3.8) is 0 Å². The van der Waals surface area contributed by atoms with Crippen LogP contribution < -0.4 is 10.6 Å². The molecule has 2 heterocycles. The molecule has 100 valence electrons. The Kier molecular flexibility index (Phi) is 2.41. The van der Waals surface area contributed by atoms with Crippen LogP contribution in [0.1, 0.15) is 11.1 Å². The van der Waals surface area contributed by atoms with Crippen molar-refractivity contribution in [2.45, 2.75) is 13.5 Å². The van der Waals surface area contributed by atoms with Crippen LogP contribution in [0.15, 0.2) is 36.4 Å². The first-order valence-electron chi connectivity index (χ1n) is 6.57. The molecular weight excluding hydrogens is 268 g/mol. The first kappa shape index (κ1) is 11.6. The van der Waals surface area contributed by atoms with Gasteiger partial charge in [0.15, 0.2) is 0 Å². The molecule has 0 fully saturated rings. The van der Waals surface area contributed by atoms with Crippen molar-refractivity contribution in [1.29, 1.82) is 0 Å². The first-order chi connectivity index (χ1) is 9.72. The van der Waals surface area contributed by atoms with Crippen LogP contribution >= 0.6 is 11.3 Å². The zero-order chi connectivity index (χ0) is 13.7. The normalized spacial score (nSPS) is 13.1. The van der Waals surface area contributed by atoms with Crippen LogP contribution in [0.5, 0.6) is 5.75 Å². The van der Waals surface area contributed by atoms with Gasteiger partial charge in [0.25, 0.3) is 0 Å². The fourth-order valence-electron chi connectivity index (χ4n) is 2.65. The van der Waals surface area contributed by atoms with Crippen LogP contribution in [-0.4, -0.2) is 5.11 Å². The lowest BCUT2D eigenvalue weighted by molar-refractivity contribution is 0.482. The minimum Gasteiger partial charge on any atom is -0.506 e. The average molecular weight is 282 g/mol. The summed E-state index contributed by atoms with van der Waals surface area (Å²) >= 11 is 1.61. The fraction of sp³-hybridized carbons (Fsp3) is 0.125. The van der Waals surface area contributed by atoms with Gasteiger partial charge in [-0.2, -0.15) is 0 Å². The number of hydrogen-bond donors (Lipinski definition) is 3. The van der Waals surface area contributed by atoms with Gasteiger partial charge in [0, 0.05) is 17.5 Å². The highest BCUT2D eigenvalue weighted by atomic mass is 32.1. The highest BCUT2D eigenvalue weighted by Gasteiger charge is 2.18. The molecule has 0 saturated heterocycles. The molecule has 0 unspecified atom stereocenters. The monoisotopic (exact) mass is 282 g/mol. The Morgan fingerprint density at radius 3 is 2.95 bits per heavy atom. The molecule has 20 heavy (non-hydrogen) atoms. The van der Waals surface area contributed by atoms with Gasteiger partial charge >= 0.3 is 0 Å². The van der Waals surface area contributed by atoms with Gasteiger partial charge in [-0.15, -0.1) is 11.3 Å². The molecule has 3 nitrogen and oxygen atoms in total. The van der Waals surface area contributed by atoms with Crippen molar-refractivity contribution in [3.05, 3.63) is 47.5 Å². The van der Waals surface area contributed by atoms with Crippen molar-refractivity contribution in [3.8, 4) is 5.75 Å². The lowest BCUT2D eigenvalue weighted by Gasteiger charge is -2.09. The number of nitrogens with one attached hydrogen (secondary N) is 2. The second-order valence-corrected chi connectivity index (χ2v) is 6.11. The summed E-state index contributed by atoms with van der Waals surface area (Å²) in [6, 6.07) is 12.1. The lowest BCUT2D eigenvalue weighted by Crippen LogP contribution is -1.97. The Hall–Kier alpha value is -2.20. The van der Waals surface area contributed by atoms with Gasteiger partial charge in [-0.05, 0) is 30.7 Å². The Bertz CT molecular complexity index is 823. The molecule has 0 bridgehead atoms. The molecule has 3 N–H and O–H groups in total. The van der Waals surface area contributed by atoms with E-state index in [0.29, 0.717) is 5.75 Å². The maximum atomic E-state index is 9.99. The summed E-state index contributed by atoms with van der Waals surface area (Å²) in [6.45, 7) is 2.85. The summed E-state index contributed by atoms with van der Waals surface area (Å²) in [5, 5.41) is 19.2. The minimum absolute atomic E-state index is 0.354. The van der Waals surface area contributed by atoms with E-state index in [1.54, 1.807) is 17.4 Å². The van der Waals surface area contributed by atoms with Crippen LogP contribution in [0, 0.1) is 6.92 Å². The number of rotatable bonds is 0. The Balaban J connectivity index is 1.92. The third kappa shape index (κ3) is 1.65. The summed E-state index contributed by atoms with van der Waals surface area (Å²) in [6.07, 6.45) is 0. The molecule has 0 amide bonds. The molecule has 2 aromatic carbocycles. The molecule has 0 spiro atoms. The molecular formula is C16H14N2OS. The molecule has 0 aliphatic carbocycles. The molecule has 3 aromatic rings. The number of benzene rings is 2. The average Bonchev–Trinajstić information content (AvgIpc) is 2.68. The second kappa shape index (κ2) is 4.15. The van der Waals surface area contributed by atoms with Crippen molar-refractivity contribution in [2.24, 2.45) is 0 Å². The predicted octanol–water partition coefficient (Wildman–Crippen LogP) is 4.58. The van der Waals surface area contributed by atoms with E-state index < -0.39 is 0 Å². The smallest absolute Gasteiger partial charge is 0.133 e. The molecule has 0 radical (unpaired) electrons. The maximum Gasteiger partial charge on any atom is 0.133 e. The van der Waals surface area contributed by atoms with Gasteiger partial charge in [-0.3, -0.25) is 0 Å². The standard InChI is InChI=1S/C16H14N2OS/c1-9-5-6-12-13(7-9)18-16-11(8-17-12)10-3-2-4-14(19)15(10)20-16/h2-7,17-19H,8H2,1H3. The number of phenolic OH excluding ortho intramolecular Hbond substituents is 1. The van der Waals surface area contributed by atoms with E-state index in [1.807, 2.05) is 6.07 Å². The van der Waals surface area contributed by atoms with Gasteiger partial charge in [-0.1, -0.05) is 18.2 Å². The zero-order valence-corrected chi connectivity index (χ0v) is 11.8. The number of anilines is 3. The van der Waals surface area contributed by atoms with Crippen LogP contribution in [0.2, 0.25) is 0 Å². The quantitative estimate of drug-likeness (QED) is 0.565. The van der Waals surface area contributed by atoms with E-state index >= 15 is 0 Å². The van der Waals surface area contributed by atoms with Crippen LogP contribution in [-0.2, 0) is 6.54 Å². The van der Waals surface area contributed by atoms with Crippen molar-refractivity contribution in [1.82, 2.24) is 0 Å². The van der Waals surface area contributed by atoms with Gasteiger partial charge in [0.05, 0.1) is 21.1 Å². The highest BCUT2D eigenvalue weighted by molar-refractivity contribution is 7.23. The fourth-order valence-corrected chi connectivity index (χ4v) is 3.80. The second-order valence-electron chi connectivity index (χ2n) is 5.09. The minimum atomic E-state index is 0.354. The third-order valence-electron chi connectivity index (χ3n) is 3.68. The van der Waals surface area contributed by atoms with Crippen LogP contribution in [0.25, 0.3) is 10.1 Å². The predicted molar refractivity (Wildman–Crippen MR) is 85.3 cm³/mol. The third-order valence-corrected chi connectivity index (χ3v) is 4.86. The number of hydrogen-bond acceptors (Lipinski definition) is 4. The summed E-state index contributed by atoms with van der Waals surface area (Å²) < 4.78 is 0.947. The molecule has 4 heteroatoms. The Labute approximate surface area is 120 Å². The van der Waals surface area contributed by atoms with Gasteiger partial charge in [0.2, 0.25) is 0 Å². The molecule has 4 rings (SSSR count). The van der Waals surface area contributed by atoms with Gasteiger partial charge in [-0.25, -0.2) is 0 Å². The first-order valence-corrected chi connectivity index (χ1v) is 7.39. The Morgan fingerprint density at radius 2 is 2.05 bits per heavy atom. The number of aromatic hydroxyl groups is 1. The van der Waals surface area contributed by atoms with Gasteiger partial charge in [0.1, 0.15) is 5.75 Å². The van der Waals surface area contributed by atoms with Crippen molar-refractivity contribution >= 4 is 37.8 Å². The van der Waals surface area contributed by atoms with E-state index in [2.05, 4.69) is 41.8 Å². The highest BCUT2D eigenvalue weighted by Crippen LogP contribution is 2.44. The number of aryl methyl sites for hydroxylation is 1. The number of phenols is 1. The SMILES string of the molecule is Cc1ccc2c(c1)Nc1sc3c(O)cccc3c1CN2. The van der Waals surface area contributed by atoms with E-state index in [-0.39, 0.29) is 0 Å². The van der Waals surface area contributed by atoms with E-state index in [0.717, 1.165) is 33.0 Å². The molecule has 1 aromatic heterocycles. The molecule has 0 saturated carbocycles. The molecule has 1 aliphatic heterocycles. The van der Waals surface area contributed by atoms with E-state index in [1.165, 1.54) is 11.1 Å². The summed E-state index contributed by atoms with van der Waals surface area (Å²) in [5.74, 6) is 0.354. The van der Waals surface area contributed by atoms with E-state index in [4.69, 9.17) is 0 Å². The largest absolute Gasteiger partial charge is 0.506 e. The van der Waals surface area contributed by atoms with Crippen LogP contribution in [0.3, 0.4) is 0 Å². The van der Waals surface area contributed by atoms with Crippen molar-refractivity contribution in [2.75, 3.05) is 10.6 Å². The van der Waals surface area contributed by atoms with Crippen LogP contribution in [0.4, 0.5) is 16.4 Å². The number of thiophene rings is 1. The molecule has 0 atom stereocenters. The molecule has 1 aliphatic rings. The van der Waals surface area contributed by atoms with E-state index in [9.17, 15) is 5.11 Å². The van der Waals surface area contributed by atoms with Crippen molar-refractivity contribution < 1.29 is 5.11 Å².